The number of rotatable bonds is 6. The predicted molar refractivity (Wildman–Crippen MR) is 157 cm³/mol. The van der Waals surface area contributed by atoms with Gasteiger partial charge in [0.2, 0.25) is 5.78 Å². The summed E-state index contributed by atoms with van der Waals surface area (Å²) in [6.45, 7) is 4.04. The number of nitro groups is 1. The number of hydrogen-bond donors (Lipinski definition) is 0. The van der Waals surface area contributed by atoms with Gasteiger partial charge in [0.05, 0.1) is 22.2 Å². The minimum Gasteiger partial charge on any atom is -0.485 e. The van der Waals surface area contributed by atoms with Crippen molar-refractivity contribution in [2.45, 2.75) is 38.7 Å². The van der Waals surface area contributed by atoms with Gasteiger partial charge in [-0.3, -0.25) is 19.7 Å². The van der Waals surface area contributed by atoms with Gasteiger partial charge in [-0.1, -0.05) is 60.1 Å². The van der Waals surface area contributed by atoms with E-state index < -0.39 is 16.9 Å². The lowest BCUT2D eigenvalue weighted by atomic mass is 9.72. The number of hydrogen-bond acceptors (Lipinski definition) is 6. The van der Waals surface area contributed by atoms with Crippen molar-refractivity contribution in [3.63, 3.8) is 0 Å². The van der Waals surface area contributed by atoms with Gasteiger partial charge in [-0.15, -0.1) is 0 Å². The summed E-state index contributed by atoms with van der Waals surface area (Å²) >= 11 is 3.42. The number of carbonyl (C=O) groups is 2. The molecule has 2 atom stereocenters. The van der Waals surface area contributed by atoms with Crippen LogP contribution in [-0.4, -0.2) is 32.4 Å². The molecule has 41 heavy (non-hydrogen) atoms. The molecular weight excluding hydrogens is 586 g/mol. The molecule has 0 radical (unpaired) electrons. The van der Waals surface area contributed by atoms with Crippen LogP contribution in [-0.2, 0) is 9.53 Å². The van der Waals surface area contributed by atoms with Crippen LogP contribution in [0.25, 0.3) is 16.9 Å². The Morgan fingerprint density at radius 1 is 1.02 bits per heavy atom. The molecule has 2 aliphatic rings. The number of nitro benzene ring substituents is 1. The third-order valence-corrected chi connectivity index (χ3v) is 8.13. The van der Waals surface area contributed by atoms with Crippen LogP contribution in [0.4, 0.5) is 5.69 Å². The third-order valence-electron chi connectivity index (χ3n) is 7.60. The number of ether oxygens (including phenoxy) is 1. The number of benzene rings is 3. The van der Waals surface area contributed by atoms with E-state index >= 15 is 0 Å². The lowest BCUT2D eigenvalue weighted by Crippen LogP contribution is -2.29. The second-order valence-corrected chi connectivity index (χ2v) is 12.1. The Morgan fingerprint density at radius 3 is 2.37 bits per heavy atom. The van der Waals surface area contributed by atoms with Crippen molar-refractivity contribution in [3.8, 4) is 16.9 Å². The van der Waals surface area contributed by atoms with Crippen molar-refractivity contribution in [2.75, 3.05) is 0 Å². The highest BCUT2D eigenvalue weighted by atomic mass is 79.9. The van der Waals surface area contributed by atoms with Crippen LogP contribution >= 0.6 is 15.9 Å². The summed E-state index contributed by atoms with van der Waals surface area (Å²) in [6.07, 6.45) is 1.74. The maximum atomic E-state index is 14.0. The van der Waals surface area contributed by atoms with E-state index in [9.17, 15) is 19.7 Å². The molecule has 0 saturated heterocycles. The number of Topliss-reactive ketones (excluding diaryl/α,β-unsaturated/α-hetero) is 2. The molecule has 0 unspecified atom stereocenters. The lowest BCUT2D eigenvalue weighted by Gasteiger charge is -2.29. The zero-order valence-corrected chi connectivity index (χ0v) is 24.0. The van der Waals surface area contributed by atoms with Crippen molar-refractivity contribution in [1.82, 2.24) is 9.78 Å². The fourth-order valence-corrected chi connectivity index (χ4v) is 5.96. The van der Waals surface area contributed by atoms with E-state index in [1.807, 2.05) is 50.4 Å². The summed E-state index contributed by atoms with van der Waals surface area (Å²) in [5, 5.41) is 16.2. The fraction of sp³-hybridized carbons (Fsp3) is 0.219. The topological polar surface area (TPSA) is 104 Å². The standard InChI is InChI=1S/C32H26BrN3O5/c1-32(2)16-25(37)28-26(17-32)41-31(30(38)20-8-12-21(33)13-9-20)27(28)24-18-35(22-6-4-3-5-7-22)34-29(24)19-10-14-23(15-11-19)36(39)40/h3-15,18,27,31H,16-17H2,1-2H3/t27-,31-/m0/s1. The first kappa shape index (κ1) is 26.8. The molecule has 1 aromatic heterocycles. The van der Waals surface area contributed by atoms with Crippen molar-refractivity contribution in [3.05, 3.63) is 122 Å². The number of para-hydroxylation sites is 1. The highest BCUT2D eigenvalue weighted by Gasteiger charge is 2.50. The van der Waals surface area contributed by atoms with Crippen LogP contribution in [0.1, 0.15) is 48.5 Å². The molecule has 0 spiro atoms. The van der Waals surface area contributed by atoms with E-state index in [4.69, 9.17) is 9.84 Å². The Hall–Kier alpha value is -4.37. The van der Waals surface area contributed by atoms with Gasteiger partial charge in [0.25, 0.3) is 5.69 Å². The minimum absolute atomic E-state index is 0.0417. The normalized spacial score (nSPS) is 19.5. The summed E-state index contributed by atoms with van der Waals surface area (Å²) < 4.78 is 8.97. The van der Waals surface area contributed by atoms with E-state index in [1.54, 1.807) is 41.1 Å². The van der Waals surface area contributed by atoms with Gasteiger partial charge in [-0.2, -0.15) is 5.10 Å². The Balaban J connectivity index is 1.54. The molecule has 1 aliphatic heterocycles. The number of non-ortho nitro benzene ring substituents is 1. The highest BCUT2D eigenvalue weighted by Crippen LogP contribution is 2.51. The van der Waals surface area contributed by atoms with Gasteiger partial charge >= 0.3 is 0 Å². The van der Waals surface area contributed by atoms with Crippen LogP contribution < -0.4 is 0 Å². The Kier molecular flexibility index (Phi) is 6.69. The zero-order chi connectivity index (χ0) is 28.9. The van der Waals surface area contributed by atoms with Gasteiger partial charge in [0, 0.05) is 57.9 Å². The van der Waals surface area contributed by atoms with E-state index in [0.29, 0.717) is 46.6 Å². The third kappa shape index (κ3) is 5.02. The molecule has 8 nitrogen and oxygen atoms in total. The summed E-state index contributed by atoms with van der Waals surface area (Å²) in [6, 6.07) is 22.7. The number of nitrogens with zero attached hydrogens (tertiary/aromatic N) is 3. The molecule has 0 N–H and O–H groups in total. The number of ketones is 2. The lowest BCUT2D eigenvalue weighted by molar-refractivity contribution is -0.384. The highest BCUT2D eigenvalue weighted by molar-refractivity contribution is 9.10. The zero-order valence-electron chi connectivity index (χ0n) is 22.4. The second kappa shape index (κ2) is 10.2. The first-order chi connectivity index (χ1) is 19.6. The first-order valence-corrected chi connectivity index (χ1v) is 14.0. The number of carbonyl (C=O) groups excluding carboxylic acids is 2. The summed E-state index contributed by atoms with van der Waals surface area (Å²) in [7, 11) is 0. The molecule has 0 bridgehead atoms. The van der Waals surface area contributed by atoms with Crippen molar-refractivity contribution in [1.29, 1.82) is 0 Å². The largest absolute Gasteiger partial charge is 0.485 e. The number of halogens is 1. The SMILES string of the molecule is CC1(C)CC(=O)C2=C(C1)O[C@H](C(=O)c1ccc(Br)cc1)[C@H]2c1cn(-c2ccccc2)nc1-c1ccc([N+](=O)[O-])cc1. The monoisotopic (exact) mass is 611 g/mol. The van der Waals surface area contributed by atoms with Crippen LogP contribution in [0.3, 0.4) is 0 Å². The molecule has 206 valence electrons. The van der Waals surface area contributed by atoms with E-state index in [2.05, 4.69) is 15.9 Å². The van der Waals surface area contributed by atoms with Gasteiger partial charge in [0.15, 0.2) is 11.9 Å². The minimum atomic E-state index is -0.968. The second-order valence-electron chi connectivity index (χ2n) is 11.2. The van der Waals surface area contributed by atoms with Crippen LogP contribution in [0.2, 0.25) is 0 Å². The van der Waals surface area contributed by atoms with E-state index in [0.717, 1.165) is 10.2 Å². The average molecular weight is 612 g/mol. The van der Waals surface area contributed by atoms with E-state index in [-0.39, 0.29) is 22.7 Å². The molecule has 6 rings (SSSR count). The molecule has 9 heteroatoms. The Labute approximate surface area is 244 Å². The summed E-state index contributed by atoms with van der Waals surface area (Å²) in [5.74, 6) is -0.430. The average Bonchev–Trinajstić information content (AvgIpc) is 3.55. The van der Waals surface area contributed by atoms with Crippen molar-refractivity contribution < 1.29 is 19.2 Å². The maximum absolute atomic E-state index is 14.0. The van der Waals surface area contributed by atoms with Crippen LogP contribution in [0.15, 0.2) is 101 Å². The number of aromatic nitrogens is 2. The first-order valence-electron chi connectivity index (χ1n) is 13.2. The van der Waals surface area contributed by atoms with Crippen LogP contribution in [0, 0.1) is 15.5 Å². The molecule has 0 amide bonds. The smallest absolute Gasteiger partial charge is 0.269 e. The van der Waals surface area contributed by atoms with Gasteiger partial charge in [0.1, 0.15) is 5.76 Å². The summed E-state index contributed by atoms with van der Waals surface area (Å²) in [5.41, 5.74) is 3.24. The molecule has 2 heterocycles. The van der Waals surface area contributed by atoms with Gasteiger partial charge in [-0.05, 0) is 41.8 Å². The fourth-order valence-electron chi connectivity index (χ4n) is 5.70. The maximum Gasteiger partial charge on any atom is 0.269 e. The Bertz CT molecular complexity index is 1710. The molecule has 3 aromatic carbocycles. The van der Waals surface area contributed by atoms with Gasteiger partial charge in [-0.25, -0.2) is 4.68 Å². The van der Waals surface area contributed by atoms with Crippen molar-refractivity contribution >= 4 is 33.2 Å². The molecule has 4 aromatic rings. The van der Waals surface area contributed by atoms with E-state index in [1.165, 1.54) is 12.1 Å². The van der Waals surface area contributed by atoms with Crippen LogP contribution in [0.5, 0.6) is 0 Å². The van der Waals surface area contributed by atoms with Crippen molar-refractivity contribution in [2.24, 2.45) is 5.41 Å². The molecule has 0 saturated carbocycles. The molecule has 1 aliphatic carbocycles. The predicted octanol–water partition coefficient (Wildman–Crippen LogP) is 7.22. The number of allylic oxidation sites excluding steroid dienone is 1. The summed E-state index contributed by atoms with van der Waals surface area (Å²) in [4.78, 5) is 38.6. The van der Waals surface area contributed by atoms with Gasteiger partial charge < -0.3 is 4.74 Å². The quantitative estimate of drug-likeness (QED) is 0.129. The molecule has 0 fully saturated rings. The molecular formula is C32H26BrN3O5. The Morgan fingerprint density at radius 2 is 1.71 bits per heavy atom.